The van der Waals surface area contributed by atoms with E-state index in [0.717, 1.165) is 37.3 Å². The van der Waals surface area contributed by atoms with E-state index in [9.17, 15) is 0 Å². The fraction of sp³-hybridized carbons (Fsp3) is 0.615. The smallest absolute Gasteiger partial charge is 0.0935 e. The van der Waals surface area contributed by atoms with E-state index >= 15 is 0 Å². The molecule has 0 aliphatic heterocycles. The largest absolute Gasteiger partial charge is 0.304 e. The van der Waals surface area contributed by atoms with Crippen molar-refractivity contribution < 1.29 is 0 Å². The van der Waals surface area contributed by atoms with Crippen molar-refractivity contribution in [3.63, 3.8) is 0 Å². The van der Waals surface area contributed by atoms with Gasteiger partial charge < -0.3 is 5.32 Å². The summed E-state index contributed by atoms with van der Waals surface area (Å²) in [7, 11) is 1.96. The van der Waals surface area contributed by atoms with Crippen molar-refractivity contribution >= 4 is 0 Å². The summed E-state index contributed by atoms with van der Waals surface area (Å²) in [6.07, 6.45) is 5.80. The van der Waals surface area contributed by atoms with E-state index in [-0.39, 0.29) is 6.04 Å². The number of hydrogen-bond acceptors (Lipinski definition) is 4. The minimum absolute atomic E-state index is 0.0917. The summed E-state index contributed by atoms with van der Waals surface area (Å²) in [5.41, 5.74) is 2.23. The Balaban J connectivity index is 2.31. The van der Waals surface area contributed by atoms with Crippen LogP contribution in [0.25, 0.3) is 0 Å². The summed E-state index contributed by atoms with van der Waals surface area (Å²) < 4.78 is 3.87. The molecular weight excluding hydrogens is 240 g/mol. The Morgan fingerprint density at radius 3 is 2.74 bits per heavy atom. The van der Waals surface area contributed by atoms with Gasteiger partial charge in [-0.3, -0.25) is 4.68 Å². The molecule has 1 unspecified atom stereocenters. The molecular formula is C13H22N6. The van der Waals surface area contributed by atoms with Crippen molar-refractivity contribution in [2.75, 3.05) is 6.54 Å². The van der Waals surface area contributed by atoms with Crippen LogP contribution in [0.5, 0.6) is 0 Å². The van der Waals surface area contributed by atoms with Gasteiger partial charge in [0.15, 0.2) is 0 Å². The lowest BCUT2D eigenvalue weighted by Gasteiger charge is -2.19. The Labute approximate surface area is 113 Å². The van der Waals surface area contributed by atoms with Crippen LogP contribution in [0.2, 0.25) is 0 Å². The molecule has 0 saturated heterocycles. The summed E-state index contributed by atoms with van der Waals surface area (Å²) in [6.45, 7) is 6.14. The molecule has 0 radical (unpaired) electrons. The van der Waals surface area contributed by atoms with Crippen LogP contribution in [0.4, 0.5) is 0 Å². The van der Waals surface area contributed by atoms with E-state index in [1.165, 1.54) is 0 Å². The molecule has 0 aliphatic rings. The molecule has 0 aromatic carbocycles. The van der Waals surface area contributed by atoms with Crippen molar-refractivity contribution in [3.8, 4) is 0 Å². The van der Waals surface area contributed by atoms with Gasteiger partial charge in [0.05, 0.1) is 23.6 Å². The van der Waals surface area contributed by atoms with Gasteiger partial charge >= 0.3 is 0 Å². The maximum atomic E-state index is 4.26. The van der Waals surface area contributed by atoms with Crippen molar-refractivity contribution in [3.05, 3.63) is 29.8 Å². The van der Waals surface area contributed by atoms with Crippen molar-refractivity contribution in [2.24, 2.45) is 7.05 Å². The molecule has 0 spiro atoms. The molecule has 0 amide bonds. The molecule has 6 heteroatoms. The molecule has 2 aromatic heterocycles. The lowest BCUT2D eigenvalue weighted by molar-refractivity contribution is 0.486. The quantitative estimate of drug-likeness (QED) is 0.821. The molecule has 2 aromatic rings. The van der Waals surface area contributed by atoms with Gasteiger partial charge in [-0.15, -0.1) is 5.10 Å². The van der Waals surface area contributed by atoms with E-state index in [2.05, 4.69) is 34.6 Å². The van der Waals surface area contributed by atoms with Crippen LogP contribution in [0.3, 0.4) is 0 Å². The molecule has 0 bridgehead atoms. The zero-order valence-corrected chi connectivity index (χ0v) is 11.9. The van der Waals surface area contributed by atoms with Gasteiger partial charge in [-0.1, -0.05) is 19.1 Å². The zero-order valence-electron chi connectivity index (χ0n) is 11.9. The third kappa shape index (κ3) is 3.01. The van der Waals surface area contributed by atoms with Crippen molar-refractivity contribution in [2.45, 2.75) is 39.3 Å². The fourth-order valence-electron chi connectivity index (χ4n) is 2.19. The Morgan fingerprint density at radius 1 is 1.26 bits per heavy atom. The molecule has 104 valence electrons. The second kappa shape index (κ2) is 6.47. The number of hydrogen-bond donors (Lipinski definition) is 1. The van der Waals surface area contributed by atoms with Crippen LogP contribution < -0.4 is 5.32 Å². The third-order valence-corrected chi connectivity index (χ3v) is 3.13. The van der Waals surface area contributed by atoms with Gasteiger partial charge in [0.25, 0.3) is 0 Å². The van der Waals surface area contributed by atoms with Gasteiger partial charge in [-0.25, -0.2) is 4.68 Å². The van der Waals surface area contributed by atoms with Gasteiger partial charge in [-0.05, 0) is 25.5 Å². The van der Waals surface area contributed by atoms with E-state index in [1.807, 2.05) is 34.9 Å². The number of aromatic nitrogens is 5. The van der Waals surface area contributed by atoms with Gasteiger partial charge in [0, 0.05) is 19.8 Å². The Morgan fingerprint density at radius 2 is 2.11 bits per heavy atom. The lowest BCUT2D eigenvalue weighted by atomic mass is 10.1. The predicted molar refractivity (Wildman–Crippen MR) is 73.7 cm³/mol. The van der Waals surface area contributed by atoms with Crippen LogP contribution in [0.1, 0.15) is 44.1 Å². The summed E-state index contributed by atoms with van der Waals surface area (Å²) in [5, 5.41) is 16.0. The Bertz CT molecular complexity index is 501. The van der Waals surface area contributed by atoms with Crippen LogP contribution in [0, 0.1) is 0 Å². The highest BCUT2D eigenvalue weighted by atomic mass is 15.4. The van der Waals surface area contributed by atoms with E-state index in [0.29, 0.717) is 0 Å². The average molecular weight is 262 g/mol. The SMILES string of the molecule is CCCNC(c1ccnn1C)c1cnnn1CCC. The second-order valence-corrected chi connectivity index (χ2v) is 4.65. The number of rotatable bonds is 7. The van der Waals surface area contributed by atoms with Gasteiger partial charge in [0.2, 0.25) is 0 Å². The first-order valence-corrected chi connectivity index (χ1v) is 6.87. The lowest BCUT2D eigenvalue weighted by Crippen LogP contribution is -2.27. The third-order valence-electron chi connectivity index (χ3n) is 3.13. The highest BCUT2D eigenvalue weighted by molar-refractivity contribution is 5.19. The molecule has 0 saturated carbocycles. The van der Waals surface area contributed by atoms with Crippen molar-refractivity contribution in [1.82, 2.24) is 30.1 Å². The summed E-state index contributed by atoms with van der Waals surface area (Å²) in [5.74, 6) is 0. The normalized spacial score (nSPS) is 12.8. The first kappa shape index (κ1) is 13.7. The Hall–Kier alpha value is -1.69. The standard InChI is InChI=1S/C13H22N6/c1-4-7-14-13(11-6-8-16-18(11)3)12-10-15-17-19(12)9-5-2/h6,8,10,13-14H,4-5,7,9H2,1-3H3. The zero-order chi connectivity index (χ0) is 13.7. The molecule has 1 atom stereocenters. The summed E-state index contributed by atoms with van der Waals surface area (Å²) in [4.78, 5) is 0. The second-order valence-electron chi connectivity index (χ2n) is 4.65. The highest BCUT2D eigenvalue weighted by Crippen LogP contribution is 2.20. The molecule has 6 nitrogen and oxygen atoms in total. The van der Waals surface area contributed by atoms with Crippen LogP contribution in [-0.4, -0.2) is 31.3 Å². The highest BCUT2D eigenvalue weighted by Gasteiger charge is 2.20. The number of aryl methyl sites for hydroxylation is 2. The van der Waals surface area contributed by atoms with E-state index in [4.69, 9.17) is 0 Å². The maximum Gasteiger partial charge on any atom is 0.0935 e. The van der Waals surface area contributed by atoms with Crippen LogP contribution in [-0.2, 0) is 13.6 Å². The van der Waals surface area contributed by atoms with E-state index in [1.54, 1.807) is 0 Å². The fourth-order valence-corrected chi connectivity index (χ4v) is 2.19. The first-order valence-electron chi connectivity index (χ1n) is 6.87. The van der Waals surface area contributed by atoms with Crippen molar-refractivity contribution in [1.29, 1.82) is 0 Å². The number of nitrogens with one attached hydrogen (secondary N) is 1. The van der Waals surface area contributed by atoms with Crippen LogP contribution >= 0.6 is 0 Å². The average Bonchev–Trinajstić information content (AvgIpc) is 3.01. The maximum absolute atomic E-state index is 4.26. The summed E-state index contributed by atoms with van der Waals surface area (Å²) in [6, 6.07) is 2.13. The minimum Gasteiger partial charge on any atom is -0.304 e. The van der Waals surface area contributed by atoms with E-state index < -0.39 is 0 Å². The number of nitrogens with zero attached hydrogens (tertiary/aromatic N) is 5. The van der Waals surface area contributed by atoms with Crippen LogP contribution in [0.15, 0.2) is 18.5 Å². The molecule has 0 aliphatic carbocycles. The first-order chi connectivity index (χ1) is 9.27. The topological polar surface area (TPSA) is 60.6 Å². The summed E-state index contributed by atoms with van der Waals surface area (Å²) >= 11 is 0. The predicted octanol–water partition coefficient (Wildman–Crippen LogP) is 1.51. The Kier molecular flexibility index (Phi) is 4.68. The molecule has 1 N–H and O–H groups in total. The van der Waals surface area contributed by atoms with Gasteiger partial charge in [0.1, 0.15) is 0 Å². The van der Waals surface area contributed by atoms with Gasteiger partial charge in [-0.2, -0.15) is 5.10 Å². The molecule has 2 rings (SSSR count). The molecule has 19 heavy (non-hydrogen) atoms. The minimum atomic E-state index is 0.0917. The molecule has 2 heterocycles. The monoisotopic (exact) mass is 262 g/mol. The molecule has 0 fully saturated rings.